The highest BCUT2D eigenvalue weighted by Crippen LogP contribution is 2.74. The quantitative estimate of drug-likeness (QED) is 0.279. The van der Waals surface area contributed by atoms with E-state index in [1.54, 1.807) is 23.9 Å². The van der Waals surface area contributed by atoms with Gasteiger partial charge in [-0.3, -0.25) is 4.79 Å². The van der Waals surface area contributed by atoms with Crippen LogP contribution in [0.5, 0.6) is 0 Å². The molecule has 4 saturated carbocycles. The van der Waals surface area contributed by atoms with Gasteiger partial charge in [0.1, 0.15) is 5.15 Å². The lowest BCUT2D eigenvalue weighted by atomic mass is 9.34. The Hall–Kier alpha value is -1.39. The third-order valence-corrected chi connectivity index (χ3v) is 14.3. The predicted molar refractivity (Wildman–Crippen MR) is 162 cm³/mol. The lowest BCUT2D eigenvalue weighted by Crippen LogP contribution is -2.67. The molecule has 1 aromatic heterocycles. The zero-order valence-electron chi connectivity index (χ0n) is 25.9. The molecule has 0 aromatic carbocycles. The van der Waals surface area contributed by atoms with Crippen molar-refractivity contribution in [3.8, 4) is 0 Å². The van der Waals surface area contributed by atoms with Crippen LogP contribution in [0.1, 0.15) is 123 Å². The monoisotopic (exact) mass is 566 g/mol. The van der Waals surface area contributed by atoms with Crippen LogP contribution in [0.25, 0.3) is 0 Å². The molecular weight excluding hydrogens is 516 g/mol. The molecule has 5 heteroatoms. The van der Waals surface area contributed by atoms with Crippen molar-refractivity contribution in [3.63, 3.8) is 0 Å². The fourth-order valence-electron chi connectivity index (χ4n) is 11.3. The molecule has 2 N–H and O–H groups in total. The van der Waals surface area contributed by atoms with Gasteiger partial charge in [-0.15, -0.1) is 0 Å². The van der Waals surface area contributed by atoms with Crippen molar-refractivity contribution in [1.29, 1.82) is 0 Å². The first-order valence-corrected chi connectivity index (χ1v) is 16.3. The zero-order valence-corrected chi connectivity index (χ0v) is 26.6. The van der Waals surface area contributed by atoms with Crippen LogP contribution in [0.3, 0.4) is 0 Å². The van der Waals surface area contributed by atoms with Gasteiger partial charge in [0.25, 0.3) is 5.91 Å². The molecule has 1 heterocycles. The Morgan fingerprint density at radius 1 is 0.975 bits per heavy atom. The van der Waals surface area contributed by atoms with E-state index in [0.717, 1.165) is 51.4 Å². The number of halogens is 1. The van der Waals surface area contributed by atoms with Crippen molar-refractivity contribution >= 4 is 17.5 Å². The number of rotatable bonds is 2. The third-order valence-electron chi connectivity index (χ3n) is 14.0. The second-order valence-electron chi connectivity index (χ2n) is 16.5. The van der Waals surface area contributed by atoms with Crippen molar-refractivity contribution in [2.45, 2.75) is 124 Å². The van der Waals surface area contributed by atoms with Crippen LogP contribution >= 0.6 is 11.6 Å². The summed E-state index contributed by atoms with van der Waals surface area (Å²) in [5.74, 6) is 1.43. The maximum atomic E-state index is 13.7. The van der Waals surface area contributed by atoms with Crippen molar-refractivity contribution in [1.82, 2.24) is 10.3 Å². The number of nitrogens with zero attached hydrogens (tertiary/aromatic N) is 1. The van der Waals surface area contributed by atoms with Gasteiger partial charge in [0.15, 0.2) is 0 Å². The van der Waals surface area contributed by atoms with Crippen molar-refractivity contribution in [3.05, 3.63) is 40.7 Å². The molecule has 220 valence electrons. The Morgan fingerprint density at radius 2 is 1.70 bits per heavy atom. The highest BCUT2D eigenvalue weighted by atomic mass is 35.5. The number of nitrogens with one attached hydrogen (secondary N) is 1. The number of aromatic nitrogens is 1. The standard InChI is InChI=1S/C35H51ClN2O2/c1-30(2)16-18-35(38-29(40)22-9-8-20-37-28(22)36)19-17-33(6)23(24(35)21-30)10-11-26-32(5)14-13-27(39)31(3,4)25(32)12-15-34(26,33)7/h8-10,20,24-27,39H,11-19,21H2,1-7H3,(H,38,40)/t24-,25-,26+,27-,32-,33+,34+,35-/m0/s1. The summed E-state index contributed by atoms with van der Waals surface area (Å²) in [5.41, 5.74) is 2.65. The Bertz CT molecular complexity index is 1240. The van der Waals surface area contributed by atoms with Gasteiger partial charge >= 0.3 is 0 Å². The van der Waals surface area contributed by atoms with Crippen LogP contribution in [-0.4, -0.2) is 27.6 Å². The average molecular weight is 567 g/mol. The molecule has 0 bridgehead atoms. The summed E-state index contributed by atoms with van der Waals surface area (Å²) >= 11 is 6.38. The Labute approximate surface area is 247 Å². The first-order valence-electron chi connectivity index (χ1n) is 15.9. The summed E-state index contributed by atoms with van der Waals surface area (Å²) < 4.78 is 0. The van der Waals surface area contributed by atoms with Crippen LogP contribution in [-0.2, 0) is 0 Å². The SMILES string of the molecule is CC1(C)CC[C@]2(NC(=O)c3cccnc3Cl)CC[C@]3(C)C(=CC[C@@H]4[C@@]5(C)CC[C@H](O)C(C)(C)[C@@H]5CC[C@]43C)[C@@H]2C1. The van der Waals surface area contributed by atoms with E-state index in [1.165, 1.54) is 12.8 Å². The van der Waals surface area contributed by atoms with Crippen molar-refractivity contribution in [2.24, 2.45) is 44.8 Å². The summed E-state index contributed by atoms with van der Waals surface area (Å²) in [6.07, 6.45) is 15.0. The summed E-state index contributed by atoms with van der Waals surface area (Å²) in [5, 5.41) is 14.9. The second kappa shape index (κ2) is 9.06. The highest BCUT2D eigenvalue weighted by molar-refractivity contribution is 6.32. The van der Waals surface area contributed by atoms with Gasteiger partial charge in [0.05, 0.1) is 11.7 Å². The number of pyridine rings is 1. The van der Waals surface area contributed by atoms with Gasteiger partial charge in [0, 0.05) is 17.7 Å². The van der Waals surface area contributed by atoms with Crippen LogP contribution in [0.15, 0.2) is 30.0 Å². The predicted octanol–water partition coefficient (Wildman–Crippen LogP) is 8.38. The summed E-state index contributed by atoms with van der Waals surface area (Å²) in [6, 6.07) is 3.59. The number of hydrogen-bond donors (Lipinski definition) is 2. The largest absolute Gasteiger partial charge is 0.393 e. The van der Waals surface area contributed by atoms with Gasteiger partial charge in [-0.25, -0.2) is 4.98 Å². The van der Waals surface area contributed by atoms with Crippen LogP contribution in [0.2, 0.25) is 5.15 Å². The number of carbonyl (C=O) groups excluding carboxylic acids is 1. The lowest BCUT2D eigenvalue weighted by Gasteiger charge is -2.71. The number of hydrogen-bond acceptors (Lipinski definition) is 3. The van der Waals surface area contributed by atoms with E-state index in [0.29, 0.717) is 23.3 Å². The third kappa shape index (κ3) is 3.86. The van der Waals surface area contributed by atoms with E-state index in [-0.39, 0.29) is 49.8 Å². The minimum absolute atomic E-state index is 0.0355. The van der Waals surface area contributed by atoms with Gasteiger partial charge in [0.2, 0.25) is 0 Å². The van der Waals surface area contributed by atoms with Gasteiger partial charge in [-0.1, -0.05) is 71.7 Å². The Morgan fingerprint density at radius 3 is 2.42 bits per heavy atom. The maximum absolute atomic E-state index is 13.7. The number of fused-ring (bicyclic) bond motifs is 7. The zero-order chi connectivity index (χ0) is 28.9. The maximum Gasteiger partial charge on any atom is 0.254 e. The second-order valence-corrected chi connectivity index (χ2v) is 16.9. The molecule has 8 atom stereocenters. The van der Waals surface area contributed by atoms with Gasteiger partial charge < -0.3 is 10.4 Å². The first kappa shape index (κ1) is 28.7. The van der Waals surface area contributed by atoms with E-state index >= 15 is 0 Å². The molecule has 5 aliphatic carbocycles. The van der Waals surface area contributed by atoms with E-state index in [1.807, 2.05) is 0 Å². The van der Waals surface area contributed by atoms with Crippen molar-refractivity contribution in [2.75, 3.05) is 0 Å². The summed E-state index contributed by atoms with van der Waals surface area (Å²) in [7, 11) is 0. The molecule has 6 rings (SSSR count). The number of aliphatic hydroxyl groups is 1. The average Bonchev–Trinajstić information content (AvgIpc) is 2.88. The molecule has 1 aromatic rings. The fraction of sp³-hybridized carbons (Fsp3) is 0.771. The molecule has 0 unspecified atom stereocenters. The number of allylic oxidation sites excluding steroid dienone is 1. The topological polar surface area (TPSA) is 62.2 Å². The van der Waals surface area contributed by atoms with Crippen LogP contribution < -0.4 is 5.32 Å². The molecule has 40 heavy (non-hydrogen) atoms. The summed E-state index contributed by atoms with van der Waals surface area (Å²) in [6.45, 7) is 17.3. The van der Waals surface area contributed by atoms with E-state index in [4.69, 9.17) is 11.6 Å². The number of amides is 1. The van der Waals surface area contributed by atoms with Crippen molar-refractivity contribution < 1.29 is 9.90 Å². The smallest absolute Gasteiger partial charge is 0.254 e. The molecule has 1 amide bonds. The molecule has 0 spiro atoms. The van der Waals surface area contributed by atoms with E-state index < -0.39 is 0 Å². The number of carbonyl (C=O) groups is 1. The van der Waals surface area contributed by atoms with E-state index in [9.17, 15) is 9.90 Å². The molecule has 4 fully saturated rings. The van der Waals surface area contributed by atoms with Crippen LogP contribution in [0, 0.1) is 44.8 Å². The summed E-state index contributed by atoms with van der Waals surface area (Å²) in [4.78, 5) is 17.9. The molecule has 0 aliphatic heterocycles. The molecule has 0 saturated heterocycles. The molecule has 4 nitrogen and oxygen atoms in total. The fourth-order valence-corrected chi connectivity index (χ4v) is 11.5. The first-order chi connectivity index (χ1) is 18.6. The molecular formula is C35H51ClN2O2. The number of aliphatic hydroxyl groups excluding tert-OH is 1. The van der Waals surface area contributed by atoms with E-state index in [2.05, 4.69) is 64.8 Å². The lowest BCUT2D eigenvalue weighted by molar-refractivity contribution is -0.201. The molecule has 0 radical (unpaired) electrons. The Balaban J connectivity index is 1.40. The minimum atomic E-state index is -0.238. The van der Waals surface area contributed by atoms with Crippen LogP contribution in [0.4, 0.5) is 0 Å². The van der Waals surface area contributed by atoms with Gasteiger partial charge in [-0.2, -0.15) is 0 Å². The Kier molecular flexibility index (Phi) is 6.50. The highest BCUT2D eigenvalue weighted by Gasteiger charge is 2.68. The van der Waals surface area contributed by atoms with Gasteiger partial charge in [-0.05, 0) is 115 Å². The minimum Gasteiger partial charge on any atom is -0.393 e. The normalized spacial score (nSPS) is 45.2. The molecule has 5 aliphatic rings.